The third-order valence-electron chi connectivity index (χ3n) is 5.30. The quantitative estimate of drug-likeness (QED) is 0.322. The Labute approximate surface area is 195 Å². The van der Waals surface area contributed by atoms with E-state index in [1.54, 1.807) is 6.92 Å². The molecule has 1 heterocycles. The van der Waals surface area contributed by atoms with Gasteiger partial charge in [0.1, 0.15) is 12.4 Å². The van der Waals surface area contributed by atoms with Crippen molar-refractivity contribution in [2.75, 3.05) is 26.4 Å². The molecule has 2 aromatic rings. The summed E-state index contributed by atoms with van der Waals surface area (Å²) in [5.74, 6) is -2.03. The minimum absolute atomic E-state index is 0.0540. The van der Waals surface area contributed by atoms with Crippen molar-refractivity contribution in [3.63, 3.8) is 0 Å². The van der Waals surface area contributed by atoms with E-state index in [0.29, 0.717) is 36.7 Å². The molecular formula is C24H26F3NO6. The fraction of sp³-hybridized carbons (Fsp3) is 0.417. The van der Waals surface area contributed by atoms with Crippen molar-refractivity contribution in [1.82, 2.24) is 0 Å². The van der Waals surface area contributed by atoms with E-state index in [4.69, 9.17) is 24.2 Å². The second-order valence-electron chi connectivity index (χ2n) is 8.02. The number of carboxylic acids is 1. The summed E-state index contributed by atoms with van der Waals surface area (Å²) in [4.78, 5) is 16.3. The number of ether oxygens (including phenoxy) is 3. The van der Waals surface area contributed by atoms with Crippen LogP contribution in [0, 0.1) is 5.92 Å². The van der Waals surface area contributed by atoms with Crippen LogP contribution in [0.1, 0.15) is 30.5 Å². The molecule has 1 aliphatic heterocycles. The Kier molecular flexibility index (Phi) is 8.16. The molecule has 34 heavy (non-hydrogen) atoms. The molecule has 1 fully saturated rings. The number of aliphatic carboxylic acids is 1. The summed E-state index contributed by atoms with van der Waals surface area (Å²) in [5.41, 5.74) is 1.31. The van der Waals surface area contributed by atoms with E-state index >= 15 is 0 Å². The van der Waals surface area contributed by atoms with Gasteiger partial charge in [-0.05, 0) is 48.7 Å². The monoisotopic (exact) mass is 481 g/mol. The van der Waals surface area contributed by atoms with E-state index in [1.165, 1.54) is 19.1 Å². The third-order valence-corrected chi connectivity index (χ3v) is 5.30. The van der Waals surface area contributed by atoms with E-state index in [2.05, 4.69) is 5.16 Å². The third kappa shape index (κ3) is 6.94. The van der Waals surface area contributed by atoms with Gasteiger partial charge in [0.25, 0.3) is 5.79 Å². The standard InChI is InChI=1S/C24H26F3NO6/c1-16(19-5-7-20(8-6-19)24(25,26)27)28-34-12-11-31-21-9-3-17(4-10-21)13-18-14-32-23(2,22(29)30)33-15-18/h3-10,18H,11-15H2,1-2H3,(H,29,30)/b28-16+. The molecule has 0 atom stereocenters. The highest BCUT2D eigenvalue weighted by Gasteiger charge is 2.40. The summed E-state index contributed by atoms with van der Waals surface area (Å²) in [6, 6.07) is 12.2. The number of hydrogen-bond donors (Lipinski definition) is 1. The molecule has 1 N–H and O–H groups in total. The number of benzene rings is 2. The van der Waals surface area contributed by atoms with Gasteiger partial charge in [0, 0.05) is 12.8 Å². The molecule has 7 nitrogen and oxygen atoms in total. The molecule has 0 radical (unpaired) electrons. The molecule has 0 spiro atoms. The Morgan fingerprint density at radius 2 is 1.71 bits per heavy atom. The smallest absolute Gasteiger partial charge is 0.416 e. The first kappa shape index (κ1) is 25.5. The fourth-order valence-corrected chi connectivity index (χ4v) is 3.23. The van der Waals surface area contributed by atoms with E-state index in [1.807, 2.05) is 24.3 Å². The predicted octanol–water partition coefficient (Wildman–Crippen LogP) is 4.53. The molecule has 2 aromatic carbocycles. The molecule has 0 aromatic heterocycles. The highest BCUT2D eigenvalue weighted by molar-refractivity contribution is 5.98. The van der Waals surface area contributed by atoms with Crippen LogP contribution >= 0.6 is 0 Å². The number of alkyl halides is 3. The highest BCUT2D eigenvalue weighted by atomic mass is 19.4. The molecule has 3 rings (SSSR count). The number of nitrogens with zero attached hydrogens (tertiary/aromatic N) is 1. The SMILES string of the molecule is C/C(=N\OCCOc1ccc(CC2COC(C)(C(=O)O)OC2)cc1)c1ccc(C(F)(F)F)cc1. The van der Waals surface area contributed by atoms with Crippen LogP contribution < -0.4 is 4.74 Å². The lowest BCUT2D eigenvalue weighted by Crippen LogP contribution is -2.48. The second kappa shape index (κ2) is 10.9. The molecule has 0 unspecified atom stereocenters. The van der Waals surface area contributed by atoms with Crippen LogP contribution in [-0.2, 0) is 31.7 Å². The summed E-state index contributed by atoms with van der Waals surface area (Å²) in [5, 5.41) is 13.0. The summed E-state index contributed by atoms with van der Waals surface area (Å²) in [6.45, 7) is 4.03. The van der Waals surface area contributed by atoms with Gasteiger partial charge in [0.05, 0.1) is 24.5 Å². The van der Waals surface area contributed by atoms with E-state index in [-0.39, 0.29) is 19.1 Å². The Hall–Kier alpha value is -3.11. The lowest BCUT2D eigenvalue weighted by atomic mass is 9.99. The summed E-state index contributed by atoms with van der Waals surface area (Å²) < 4.78 is 54.2. The van der Waals surface area contributed by atoms with Crippen LogP contribution in [-0.4, -0.2) is 49.0 Å². The fourth-order valence-electron chi connectivity index (χ4n) is 3.23. The number of oxime groups is 1. The first-order valence-electron chi connectivity index (χ1n) is 10.6. The van der Waals surface area contributed by atoms with Gasteiger partial charge in [-0.1, -0.05) is 29.4 Å². The van der Waals surface area contributed by atoms with Crippen LogP contribution in [0.4, 0.5) is 13.2 Å². The number of rotatable bonds is 9. The van der Waals surface area contributed by atoms with Crippen molar-refractivity contribution in [3.05, 3.63) is 65.2 Å². The van der Waals surface area contributed by atoms with Crippen molar-refractivity contribution in [1.29, 1.82) is 0 Å². The molecular weight excluding hydrogens is 455 g/mol. The molecule has 0 aliphatic carbocycles. The minimum Gasteiger partial charge on any atom is -0.490 e. The van der Waals surface area contributed by atoms with Crippen molar-refractivity contribution in [3.8, 4) is 5.75 Å². The zero-order chi connectivity index (χ0) is 24.8. The topological polar surface area (TPSA) is 86.6 Å². The number of hydrogen-bond acceptors (Lipinski definition) is 6. The Bertz CT molecular complexity index is 981. The van der Waals surface area contributed by atoms with Gasteiger partial charge >= 0.3 is 12.1 Å². The molecule has 1 aliphatic rings. The minimum atomic E-state index is -4.38. The average Bonchev–Trinajstić information content (AvgIpc) is 2.81. The number of carbonyl (C=O) groups is 1. The molecule has 0 saturated carbocycles. The van der Waals surface area contributed by atoms with Crippen molar-refractivity contribution < 1.29 is 42.1 Å². The molecule has 1 saturated heterocycles. The van der Waals surface area contributed by atoms with Crippen molar-refractivity contribution in [2.45, 2.75) is 32.2 Å². The maximum Gasteiger partial charge on any atom is 0.416 e. The van der Waals surface area contributed by atoms with Gasteiger partial charge in [-0.25, -0.2) is 4.79 Å². The maximum atomic E-state index is 12.6. The van der Waals surface area contributed by atoms with E-state index in [0.717, 1.165) is 17.7 Å². The first-order valence-corrected chi connectivity index (χ1v) is 10.6. The number of carboxylic acid groups (broad SMARTS) is 1. The van der Waals surface area contributed by atoms with Crippen molar-refractivity contribution >= 4 is 11.7 Å². The van der Waals surface area contributed by atoms with E-state index < -0.39 is 23.5 Å². The van der Waals surface area contributed by atoms with Crippen LogP contribution in [0.25, 0.3) is 0 Å². The van der Waals surface area contributed by atoms with E-state index in [9.17, 15) is 18.0 Å². The lowest BCUT2D eigenvalue weighted by molar-refractivity contribution is -0.270. The Morgan fingerprint density at radius 1 is 1.09 bits per heavy atom. The lowest BCUT2D eigenvalue weighted by Gasteiger charge is -2.34. The first-order chi connectivity index (χ1) is 16.1. The highest BCUT2D eigenvalue weighted by Crippen LogP contribution is 2.29. The molecule has 0 bridgehead atoms. The number of halogens is 3. The Morgan fingerprint density at radius 3 is 2.26 bits per heavy atom. The van der Waals surface area contributed by atoms with Crippen LogP contribution in [0.2, 0.25) is 0 Å². The van der Waals surface area contributed by atoms with Crippen molar-refractivity contribution in [2.24, 2.45) is 11.1 Å². The van der Waals surface area contributed by atoms with Gasteiger partial charge < -0.3 is 24.2 Å². The average molecular weight is 481 g/mol. The molecule has 184 valence electrons. The molecule has 10 heteroatoms. The molecule has 0 amide bonds. The largest absolute Gasteiger partial charge is 0.490 e. The predicted molar refractivity (Wildman–Crippen MR) is 117 cm³/mol. The normalized spacial score (nSPS) is 21.2. The van der Waals surface area contributed by atoms with Crippen LogP contribution in [0.5, 0.6) is 5.75 Å². The zero-order valence-electron chi connectivity index (χ0n) is 18.8. The summed E-state index contributed by atoms with van der Waals surface area (Å²) in [6.07, 6.45) is -3.70. The van der Waals surface area contributed by atoms with Gasteiger partial charge in [-0.2, -0.15) is 13.2 Å². The van der Waals surface area contributed by atoms with Gasteiger partial charge in [0.15, 0.2) is 6.61 Å². The maximum absolute atomic E-state index is 12.6. The summed E-state index contributed by atoms with van der Waals surface area (Å²) in [7, 11) is 0. The Balaban J connectivity index is 1.38. The van der Waals surface area contributed by atoms with Gasteiger partial charge in [0.2, 0.25) is 0 Å². The zero-order valence-corrected chi connectivity index (χ0v) is 18.8. The van der Waals surface area contributed by atoms with Gasteiger partial charge in [-0.3, -0.25) is 0 Å². The second-order valence-corrected chi connectivity index (χ2v) is 8.02. The van der Waals surface area contributed by atoms with Gasteiger partial charge in [-0.15, -0.1) is 0 Å². The summed E-state index contributed by atoms with van der Waals surface area (Å²) >= 11 is 0. The van der Waals surface area contributed by atoms with Crippen LogP contribution in [0.3, 0.4) is 0 Å². The van der Waals surface area contributed by atoms with Crippen LogP contribution in [0.15, 0.2) is 53.7 Å².